The predicted molar refractivity (Wildman–Crippen MR) is 249 cm³/mol. The first kappa shape index (κ1) is 57.9. The van der Waals surface area contributed by atoms with Gasteiger partial charge in [-0.3, -0.25) is 18.6 Å². The second kappa shape index (κ2) is 45.0. The van der Waals surface area contributed by atoms with E-state index in [2.05, 4.69) is 19.9 Å². The fraction of sp³-hybridized carbons (Fsp3) is 0.796. The fourth-order valence-corrected chi connectivity index (χ4v) is 7.42. The molecule has 0 aromatic carbocycles. The van der Waals surface area contributed by atoms with Crippen LogP contribution in [0, 0.1) is 0 Å². The van der Waals surface area contributed by atoms with Gasteiger partial charge < -0.3 is 25.2 Å². The highest BCUT2D eigenvalue weighted by Gasteiger charge is 2.26. The van der Waals surface area contributed by atoms with Gasteiger partial charge in [0.05, 0.1) is 19.3 Å². The average molecular weight is 868 g/mol. The van der Waals surface area contributed by atoms with E-state index in [-0.39, 0.29) is 32.6 Å². The second-order valence-electron chi connectivity index (χ2n) is 16.2. The van der Waals surface area contributed by atoms with Crippen LogP contribution in [0.5, 0.6) is 0 Å². The van der Waals surface area contributed by atoms with Crippen LogP contribution in [0.15, 0.2) is 48.6 Å². The van der Waals surface area contributed by atoms with Crippen molar-refractivity contribution in [3.8, 4) is 0 Å². The topological polar surface area (TPSA) is 155 Å². The number of ether oxygens (including phenoxy) is 2. The summed E-state index contributed by atoms with van der Waals surface area (Å²) in [4.78, 5) is 34.9. The zero-order chi connectivity index (χ0) is 44.0. The molecule has 0 fully saturated rings. The maximum Gasteiger partial charge on any atom is 0.472 e. The van der Waals surface area contributed by atoms with Crippen LogP contribution in [0.4, 0.5) is 0 Å². The first-order valence-electron chi connectivity index (χ1n) is 24.2. The predicted octanol–water partition coefficient (Wildman–Crippen LogP) is 13.3. The lowest BCUT2D eigenvalue weighted by atomic mass is 10.0. The Morgan fingerprint density at radius 1 is 0.583 bits per heavy atom. The molecule has 0 rings (SSSR count). The van der Waals surface area contributed by atoms with Gasteiger partial charge in [-0.15, -0.1) is 0 Å². The van der Waals surface area contributed by atoms with Crippen LogP contribution in [0.25, 0.3) is 0 Å². The molecule has 0 aliphatic heterocycles. The molecular weight excluding hydrogens is 778 g/mol. The number of unbranched alkanes of at least 4 members (excludes halogenated alkanes) is 24. The highest BCUT2D eigenvalue weighted by Crippen LogP contribution is 2.43. The summed E-state index contributed by atoms with van der Waals surface area (Å²) in [6.07, 6.45) is 49.0. The third-order valence-electron chi connectivity index (χ3n) is 10.3. The molecule has 3 atom stereocenters. The Kier molecular flexibility index (Phi) is 43.4. The molecule has 0 saturated carbocycles. The molecule has 10 nitrogen and oxygen atoms in total. The molecule has 0 saturated heterocycles. The molecule has 0 bridgehead atoms. The van der Waals surface area contributed by atoms with Gasteiger partial charge in [0.15, 0.2) is 6.10 Å². The Hall–Kier alpha value is -2.07. The normalized spacial score (nSPS) is 14.2. The molecule has 0 amide bonds. The number of phosphoric ester groups is 1. The number of aliphatic hydroxyl groups excluding tert-OH is 1. The van der Waals surface area contributed by atoms with E-state index in [9.17, 15) is 24.2 Å². The van der Waals surface area contributed by atoms with Crippen LogP contribution in [-0.4, -0.2) is 60.5 Å². The van der Waals surface area contributed by atoms with E-state index in [4.69, 9.17) is 24.3 Å². The van der Waals surface area contributed by atoms with Crippen molar-refractivity contribution < 1.29 is 42.7 Å². The number of esters is 2. The Bertz CT molecular complexity index is 1140. The number of aliphatic hydroxyl groups is 1. The lowest BCUT2D eigenvalue weighted by Crippen LogP contribution is -2.29. The Labute approximate surface area is 367 Å². The van der Waals surface area contributed by atoms with Gasteiger partial charge in [0.25, 0.3) is 0 Å². The molecule has 60 heavy (non-hydrogen) atoms. The maximum absolute atomic E-state index is 12.6. The van der Waals surface area contributed by atoms with Crippen molar-refractivity contribution >= 4 is 19.8 Å². The molecule has 1 unspecified atom stereocenters. The number of carbonyl (C=O) groups excluding carboxylic acids is 2. The van der Waals surface area contributed by atoms with Crippen LogP contribution >= 0.6 is 7.82 Å². The molecule has 0 spiro atoms. The lowest BCUT2D eigenvalue weighted by Gasteiger charge is -2.19. The van der Waals surface area contributed by atoms with Crippen molar-refractivity contribution in [1.29, 1.82) is 0 Å². The van der Waals surface area contributed by atoms with E-state index in [0.717, 1.165) is 32.1 Å². The van der Waals surface area contributed by atoms with Crippen molar-refractivity contribution in [1.82, 2.24) is 0 Å². The van der Waals surface area contributed by atoms with Gasteiger partial charge in [-0.25, -0.2) is 4.57 Å². The quantitative estimate of drug-likeness (QED) is 0.0177. The van der Waals surface area contributed by atoms with Crippen LogP contribution in [0.2, 0.25) is 0 Å². The van der Waals surface area contributed by atoms with E-state index < -0.39 is 38.6 Å². The highest BCUT2D eigenvalue weighted by atomic mass is 31.2. The summed E-state index contributed by atoms with van der Waals surface area (Å²) in [6.45, 7) is 3.57. The summed E-state index contributed by atoms with van der Waals surface area (Å²) in [5.41, 5.74) is 5.35. The number of phosphoric acid groups is 1. The number of hydrogen-bond donors (Lipinski definition) is 3. The third-order valence-corrected chi connectivity index (χ3v) is 11.3. The summed E-state index contributed by atoms with van der Waals surface area (Å²) in [5, 5.41) is 10.0. The minimum Gasteiger partial charge on any atom is -0.462 e. The average Bonchev–Trinajstić information content (AvgIpc) is 3.23. The summed E-state index contributed by atoms with van der Waals surface area (Å²) in [5.74, 6) is -0.927. The second-order valence-corrected chi connectivity index (χ2v) is 17.6. The van der Waals surface area contributed by atoms with Gasteiger partial charge >= 0.3 is 19.8 Å². The first-order chi connectivity index (χ1) is 29.2. The molecular formula is C49H90NO9P. The van der Waals surface area contributed by atoms with Gasteiger partial charge in [0, 0.05) is 19.4 Å². The monoisotopic (exact) mass is 868 g/mol. The molecule has 350 valence electrons. The Morgan fingerprint density at radius 2 is 1.08 bits per heavy atom. The van der Waals surface area contributed by atoms with Crippen LogP contribution in [-0.2, 0) is 32.7 Å². The van der Waals surface area contributed by atoms with E-state index in [0.29, 0.717) is 19.3 Å². The molecule has 0 radical (unpaired) electrons. The first-order valence-corrected chi connectivity index (χ1v) is 25.7. The number of nitrogens with two attached hydrogens (primary N) is 1. The molecule has 0 aromatic rings. The van der Waals surface area contributed by atoms with Gasteiger partial charge in [-0.1, -0.05) is 204 Å². The van der Waals surface area contributed by atoms with E-state index in [1.807, 2.05) is 36.5 Å². The zero-order valence-corrected chi connectivity index (χ0v) is 39.2. The molecule has 0 aliphatic rings. The summed E-state index contributed by atoms with van der Waals surface area (Å²) >= 11 is 0. The SMILES string of the molecule is CCCCC/C=C\C[C@H](O)/C=C/C=C\C/C=C\CCCC(=O)O[C@H](COC(=O)CCCCCCCCCCCCCCCCCCCCCCC)COP(=O)(O)OCCN. The highest BCUT2D eigenvalue weighted by molar-refractivity contribution is 7.47. The van der Waals surface area contributed by atoms with Crippen molar-refractivity contribution in [3.63, 3.8) is 0 Å². The number of hydrogen-bond acceptors (Lipinski definition) is 9. The van der Waals surface area contributed by atoms with Crippen molar-refractivity contribution in [3.05, 3.63) is 48.6 Å². The van der Waals surface area contributed by atoms with Gasteiger partial charge in [0.1, 0.15) is 6.61 Å². The molecule has 0 heterocycles. The molecule has 4 N–H and O–H groups in total. The van der Waals surface area contributed by atoms with Crippen LogP contribution in [0.1, 0.15) is 213 Å². The number of rotatable bonds is 45. The molecule has 0 aromatic heterocycles. The Morgan fingerprint density at radius 3 is 1.65 bits per heavy atom. The summed E-state index contributed by atoms with van der Waals surface area (Å²) in [7, 11) is -4.41. The van der Waals surface area contributed by atoms with Crippen LogP contribution in [0.3, 0.4) is 0 Å². The maximum atomic E-state index is 12.6. The summed E-state index contributed by atoms with van der Waals surface area (Å²) in [6, 6.07) is 0. The minimum atomic E-state index is -4.41. The zero-order valence-electron chi connectivity index (χ0n) is 38.3. The van der Waals surface area contributed by atoms with Crippen molar-refractivity contribution in [2.24, 2.45) is 5.73 Å². The largest absolute Gasteiger partial charge is 0.472 e. The molecule has 0 aliphatic carbocycles. The number of allylic oxidation sites excluding steroid dienone is 6. The van der Waals surface area contributed by atoms with E-state index in [1.165, 1.54) is 135 Å². The lowest BCUT2D eigenvalue weighted by molar-refractivity contribution is -0.161. The minimum absolute atomic E-state index is 0.0345. The molecule has 11 heteroatoms. The third kappa shape index (κ3) is 44.0. The van der Waals surface area contributed by atoms with Crippen LogP contribution < -0.4 is 5.73 Å². The van der Waals surface area contributed by atoms with E-state index in [1.54, 1.807) is 6.08 Å². The van der Waals surface area contributed by atoms with Crippen molar-refractivity contribution in [2.75, 3.05) is 26.4 Å². The van der Waals surface area contributed by atoms with Gasteiger partial charge in [-0.05, 0) is 44.9 Å². The number of carbonyl (C=O) groups is 2. The van der Waals surface area contributed by atoms with Crippen molar-refractivity contribution in [2.45, 2.75) is 225 Å². The van der Waals surface area contributed by atoms with Gasteiger partial charge in [-0.2, -0.15) is 0 Å². The Balaban J connectivity index is 4.18. The smallest absolute Gasteiger partial charge is 0.462 e. The van der Waals surface area contributed by atoms with E-state index >= 15 is 0 Å². The fourth-order valence-electron chi connectivity index (χ4n) is 6.65. The summed E-state index contributed by atoms with van der Waals surface area (Å²) < 4.78 is 32.8. The van der Waals surface area contributed by atoms with Gasteiger partial charge in [0.2, 0.25) is 0 Å². The standard InChI is InChI=1S/C49H90NO9P/c1-3-5-7-9-11-12-13-14-15-16-17-18-19-20-21-22-23-24-28-32-36-40-48(52)56-44-47(45-58-60(54,55)57-43-42-50)59-49(53)41-37-33-29-26-25-27-31-35-39-46(51)38-34-30-10-8-6-4-2/h26-27,29-31,34-35,39,46-47,51H,3-25,28,32-33,36-38,40-45,50H2,1-2H3,(H,54,55)/b29-26-,31-27-,34-30-,39-35+/t46-,47+/m0/s1.